The molecular formula is C14H20O2. The van der Waals surface area contributed by atoms with E-state index in [9.17, 15) is 4.79 Å². The molecular weight excluding hydrogens is 200 g/mol. The van der Waals surface area contributed by atoms with Gasteiger partial charge in [-0.25, -0.2) is 0 Å². The lowest BCUT2D eigenvalue weighted by atomic mass is 9.93. The highest BCUT2D eigenvalue weighted by molar-refractivity contribution is 5.78. The van der Waals surface area contributed by atoms with Gasteiger partial charge in [-0.3, -0.25) is 4.79 Å². The molecule has 0 radical (unpaired) electrons. The van der Waals surface area contributed by atoms with Crippen molar-refractivity contribution < 1.29 is 9.53 Å². The Morgan fingerprint density at radius 2 is 1.75 bits per heavy atom. The first-order valence-electron chi connectivity index (χ1n) is 5.83. The van der Waals surface area contributed by atoms with Gasteiger partial charge in [0.25, 0.3) is 0 Å². The van der Waals surface area contributed by atoms with Gasteiger partial charge in [0, 0.05) is 0 Å². The van der Waals surface area contributed by atoms with E-state index in [0.717, 1.165) is 12.0 Å². The molecule has 0 saturated heterocycles. The molecule has 0 aliphatic heterocycles. The van der Waals surface area contributed by atoms with Crippen LogP contribution in [0.15, 0.2) is 18.2 Å². The molecule has 1 aromatic carbocycles. The first kappa shape index (κ1) is 12.8. The Kier molecular flexibility index (Phi) is 4.53. The second-order valence-corrected chi connectivity index (χ2v) is 4.13. The molecule has 16 heavy (non-hydrogen) atoms. The summed E-state index contributed by atoms with van der Waals surface area (Å²) in [5.74, 6) is -0.242. The Hall–Kier alpha value is -1.31. The minimum Gasteiger partial charge on any atom is -0.466 e. The molecule has 0 N–H and O–H groups in total. The van der Waals surface area contributed by atoms with Crippen LogP contribution in [0.2, 0.25) is 0 Å². The minimum absolute atomic E-state index is 0.116. The molecule has 0 amide bonds. The van der Waals surface area contributed by atoms with Crippen molar-refractivity contribution in [2.24, 2.45) is 0 Å². The Bertz CT molecular complexity index is 349. The normalized spacial score (nSPS) is 12.2. The van der Waals surface area contributed by atoms with Gasteiger partial charge >= 0.3 is 5.97 Å². The van der Waals surface area contributed by atoms with Gasteiger partial charge in [-0.2, -0.15) is 0 Å². The number of carbonyl (C=O) groups is 1. The Morgan fingerprint density at radius 1 is 1.19 bits per heavy atom. The third kappa shape index (κ3) is 3.09. The first-order valence-corrected chi connectivity index (χ1v) is 5.83. The number of carbonyl (C=O) groups excluding carboxylic acids is 1. The SMILES string of the molecule is CCOC(=O)C(CC)c1cc(C)cc(C)c1. The predicted molar refractivity (Wildman–Crippen MR) is 65.6 cm³/mol. The molecule has 1 unspecified atom stereocenters. The van der Waals surface area contributed by atoms with E-state index in [-0.39, 0.29) is 11.9 Å². The number of rotatable bonds is 4. The summed E-state index contributed by atoms with van der Waals surface area (Å²) >= 11 is 0. The zero-order chi connectivity index (χ0) is 12.1. The summed E-state index contributed by atoms with van der Waals surface area (Å²) in [6, 6.07) is 6.25. The quantitative estimate of drug-likeness (QED) is 0.727. The topological polar surface area (TPSA) is 26.3 Å². The molecule has 1 atom stereocenters. The summed E-state index contributed by atoms with van der Waals surface area (Å²) < 4.78 is 5.09. The van der Waals surface area contributed by atoms with Crippen LogP contribution >= 0.6 is 0 Å². The smallest absolute Gasteiger partial charge is 0.313 e. The van der Waals surface area contributed by atoms with Crippen LogP contribution in [-0.4, -0.2) is 12.6 Å². The third-order valence-corrected chi connectivity index (χ3v) is 2.63. The van der Waals surface area contributed by atoms with Gasteiger partial charge < -0.3 is 4.74 Å². The van der Waals surface area contributed by atoms with Gasteiger partial charge in [-0.1, -0.05) is 36.2 Å². The molecule has 0 aliphatic carbocycles. The van der Waals surface area contributed by atoms with Crippen molar-refractivity contribution in [2.45, 2.75) is 40.0 Å². The fourth-order valence-corrected chi connectivity index (χ4v) is 1.99. The Morgan fingerprint density at radius 3 is 2.19 bits per heavy atom. The van der Waals surface area contributed by atoms with Crippen molar-refractivity contribution >= 4 is 5.97 Å². The lowest BCUT2D eigenvalue weighted by molar-refractivity contribution is -0.145. The van der Waals surface area contributed by atoms with Gasteiger partial charge in [-0.05, 0) is 32.8 Å². The number of hydrogen-bond donors (Lipinski definition) is 0. The average Bonchev–Trinajstić information content (AvgIpc) is 2.17. The van der Waals surface area contributed by atoms with Crippen molar-refractivity contribution in [1.29, 1.82) is 0 Å². The maximum Gasteiger partial charge on any atom is 0.313 e. The van der Waals surface area contributed by atoms with Crippen molar-refractivity contribution in [3.63, 3.8) is 0 Å². The fraction of sp³-hybridized carbons (Fsp3) is 0.500. The first-order chi connectivity index (χ1) is 7.58. The number of esters is 1. The van der Waals surface area contributed by atoms with Crippen LogP contribution in [-0.2, 0) is 9.53 Å². The van der Waals surface area contributed by atoms with Crippen LogP contribution in [0.1, 0.15) is 42.9 Å². The van der Waals surface area contributed by atoms with Crippen molar-refractivity contribution in [2.75, 3.05) is 6.61 Å². The molecule has 1 rings (SSSR count). The van der Waals surface area contributed by atoms with Gasteiger partial charge in [-0.15, -0.1) is 0 Å². The maximum atomic E-state index is 11.8. The Balaban J connectivity index is 2.98. The highest BCUT2D eigenvalue weighted by Crippen LogP contribution is 2.23. The van der Waals surface area contributed by atoms with Crippen LogP contribution in [0.3, 0.4) is 0 Å². The molecule has 0 aromatic heterocycles. The van der Waals surface area contributed by atoms with Crippen LogP contribution in [0, 0.1) is 13.8 Å². The summed E-state index contributed by atoms with van der Waals surface area (Å²) in [4.78, 5) is 11.8. The number of ether oxygens (including phenoxy) is 1. The van der Waals surface area contributed by atoms with Crippen LogP contribution in [0.4, 0.5) is 0 Å². The van der Waals surface area contributed by atoms with Gasteiger partial charge in [0.1, 0.15) is 0 Å². The van der Waals surface area contributed by atoms with E-state index in [0.29, 0.717) is 6.61 Å². The number of benzene rings is 1. The fourth-order valence-electron chi connectivity index (χ4n) is 1.99. The van der Waals surface area contributed by atoms with Crippen LogP contribution in [0.25, 0.3) is 0 Å². The summed E-state index contributed by atoms with van der Waals surface area (Å²) in [6.07, 6.45) is 0.779. The van der Waals surface area contributed by atoms with E-state index in [2.05, 4.69) is 18.2 Å². The Labute approximate surface area is 97.6 Å². The van der Waals surface area contributed by atoms with Crippen molar-refractivity contribution in [1.82, 2.24) is 0 Å². The highest BCUT2D eigenvalue weighted by Gasteiger charge is 2.20. The van der Waals surface area contributed by atoms with Crippen LogP contribution < -0.4 is 0 Å². The van der Waals surface area contributed by atoms with Gasteiger partial charge in [0.15, 0.2) is 0 Å². The standard InChI is InChI=1S/C14H20O2/c1-5-13(14(15)16-6-2)12-8-10(3)7-11(4)9-12/h7-9,13H,5-6H2,1-4H3. The molecule has 88 valence electrons. The number of hydrogen-bond acceptors (Lipinski definition) is 2. The molecule has 0 aliphatic rings. The lowest BCUT2D eigenvalue weighted by Gasteiger charge is -2.15. The minimum atomic E-state index is -0.126. The molecule has 0 heterocycles. The zero-order valence-corrected chi connectivity index (χ0v) is 10.5. The summed E-state index contributed by atoms with van der Waals surface area (Å²) in [5.41, 5.74) is 3.45. The molecule has 1 aromatic rings. The second kappa shape index (κ2) is 5.69. The van der Waals surface area contributed by atoms with Gasteiger partial charge in [0.05, 0.1) is 12.5 Å². The van der Waals surface area contributed by atoms with Crippen molar-refractivity contribution in [3.8, 4) is 0 Å². The predicted octanol–water partition coefficient (Wildman–Crippen LogP) is 3.36. The second-order valence-electron chi connectivity index (χ2n) is 4.13. The van der Waals surface area contributed by atoms with Gasteiger partial charge in [0.2, 0.25) is 0 Å². The lowest BCUT2D eigenvalue weighted by Crippen LogP contribution is -2.15. The largest absolute Gasteiger partial charge is 0.466 e. The van der Waals surface area contributed by atoms with E-state index in [4.69, 9.17) is 4.74 Å². The highest BCUT2D eigenvalue weighted by atomic mass is 16.5. The van der Waals surface area contributed by atoms with E-state index < -0.39 is 0 Å². The van der Waals surface area contributed by atoms with Crippen molar-refractivity contribution in [3.05, 3.63) is 34.9 Å². The van der Waals surface area contributed by atoms with E-state index in [1.165, 1.54) is 11.1 Å². The molecule has 0 bridgehead atoms. The van der Waals surface area contributed by atoms with E-state index in [1.54, 1.807) is 0 Å². The maximum absolute atomic E-state index is 11.8. The van der Waals surface area contributed by atoms with E-state index >= 15 is 0 Å². The summed E-state index contributed by atoms with van der Waals surface area (Å²) in [7, 11) is 0. The molecule has 0 saturated carbocycles. The molecule has 2 heteroatoms. The number of aryl methyl sites for hydroxylation is 2. The average molecular weight is 220 g/mol. The third-order valence-electron chi connectivity index (χ3n) is 2.63. The van der Waals surface area contributed by atoms with Crippen LogP contribution in [0.5, 0.6) is 0 Å². The summed E-state index contributed by atoms with van der Waals surface area (Å²) in [6.45, 7) is 8.40. The molecule has 0 fully saturated rings. The molecule has 2 nitrogen and oxygen atoms in total. The molecule has 0 spiro atoms. The summed E-state index contributed by atoms with van der Waals surface area (Å²) in [5, 5.41) is 0. The monoisotopic (exact) mass is 220 g/mol. The zero-order valence-electron chi connectivity index (χ0n) is 10.5. The van der Waals surface area contributed by atoms with E-state index in [1.807, 2.05) is 27.7 Å².